The number of urea groups is 1. The molecule has 8 N–H and O–H groups in total. The number of fused-ring (bicyclic) bond motifs is 5. The number of hydrogen-bond donors (Lipinski definition) is 7. The third-order valence-corrected chi connectivity index (χ3v) is 11.4. The number of cyclic esters (lactones) is 1. The number of nitrogens with one attached hydrogen (secondary N) is 4. The van der Waals surface area contributed by atoms with E-state index in [-0.39, 0.29) is 61.6 Å². The van der Waals surface area contributed by atoms with Crippen LogP contribution in [-0.2, 0) is 49.1 Å². The van der Waals surface area contributed by atoms with Crippen LogP contribution >= 0.6 is 0 Å². The molecule has 0 spiro atoms. The fraction of sp³-hybridized carbons (Fsp3) is 0.409. The van der Waals surface area contributed by atoms with Crippen LogP contribution in [0.5, 0.6) is 5.75 Å². The standard InChI is InChI=1S/C44H52N8O11/c1-7-26-27-18-25(15-16-31(27)48-35-28(26)20-52-33(35)19-30-29(39(52)55)21-62-41(57)44(30,61)8-2)63-36(40(56)51(5)6)23-11-13-24(14-12-23)47-37(53)32(10-9-17-46-42(45)58)49-38(54)34(22(3)4)50-43(59)60/h11-16,18-19,22,32,34,36,50,61H,7-10,17,20-21H2,1-6H3,(H,47,53)(H,49,54)(H,59,60)(H3,45,46,58)/t32?,34?,36?,44-/m0/s1. The average molecular weight is 869 g/mol. The maximum Gasteiger partial charge on any atom is 0.405 e. The summed E-state index contributed by atoms with van der Waals surface area (Å²) in [6.07, 6.45) is -1.59. The summed E-state index contributed by atoms with van der Waals surface area (Å²) in [6.45, 7) is 7.06. The van der Waals surface area contributed by atoms with E-state index in [1.54, 1.807) is 88.0 Å². The second-order valence-corrected chi connectivity index (χ2v) is 16.1. The van der Waals surface area contributed by atoms with Crippen molar-refractivity contribution >= 4 is 52.4 Å². The van der Waals surface area contributed by atoms with Gasteiger partial charge in [0.05, 0.1) is 29.0 Å². The van der Waals surface area contributed by atoms with E-state index in [4.69, 9.17) is 20.2 Å². The summed E-state index contributed by atoms with van der Waals surface area (Å²) < 4.78 is 13.2. The predicted molar refractivity (Wildman–Crippen MR) is 230 cm³/mol. The highest BCUT2D eigenvalue weighted by molar-refractivity contribution is 5.98. The predicted octanol–water partition coefficient (Wildman–Crippen LogP) is 3.01. The molecular weight excluding hydrogens is 817 g/mol. The molecule has 3 unspecified atom stereocenters. The van der Waals surface area contributed by atoms with Crippen LogP contribution in [0.2, 0.25) is 0 Å². The number of aromatic nitrogens is 2. The Hall–Kier alpha value is -7.02. The molecule has 0 radical (unpaired) electrons. The number of nitrogens with two attached hydrogens (primary N) is 1. The normalized spacial score (nSPS) is 16.4. The first-order valence-corrected chi connectivity index (χ1v) is 20.6. The molecule has 6 amide bonds. The molecule has 0 saturated heterocycles. The first-order valence-electron chi connectivity index (χ1n) is 20.6. The Bertz CT molecular complexity index is 2540. The number of rotatable bonds is 16. The topological polar surface area (TPSA) is 274 Å². The van der Waals surface area contributed by atoms with Crippen molar-refractivity contribution in [3.8, 4) is 17.1 Å². The van der Waals surface area contributed by atoms with E-state index in [0.29, 0.717) is 40.3 Å². The lowest BCUT2D eigenvalue weighted by atomic mass is 9.86. The number of aliphatic hydroxyl groups is 1. The summed E-state index contributed by atoms with van der Waals surface area (Å²) in [7, 11) is 3.19. The number of carbonyl (C=O) groups is 6. The van der Waals surface area contributed by atoms with Crippen LogP contribution in [0.15, 0.2) is 53.3 Å². The van der Waals surface area contributed by atoms with Crippen LogP contribution in [0.3, 0.4) is 0 Å². The number of benzene rings is 2. The van der Waals surface area contributed by atoms with Crippen LogP contribution in [-0.4, -0.2) is 93.2 Å². The summed E-state index contributed by atoms with van der Waals surface area (Å²) in [4.78, 5) is 95.7. The molecule has 0 aliphatic carbocycles. The number of primary amides is 1. The number of pyridine rings is 2. The number of amides is 6. The molecule has 0 fully saturated rings. The van der Waals surface area contributed by atoms with Gasteiger partial charge in [-0.3, -0.25) is 19.2 Å². The van der Waals surface area contributed by atoms with E-state index in [0.717, 1.165) is 16.5 Å². The number of ether oxygens (including phenoxy) is 2. The van der Waals surface area contributed by atoms with Gasteiger partial charge in [-0.15, -0.1) is 0 Å². The Labute approximate surface area is 362 Å². The van der Waals surface area contributed by atoms with E-state index in [2.05, 4.69) is 21.3 Å². The molecular formula is C44H52N8O11. The average Bonchev–Trinajstić information content (AvgIpc) is 3.61. The number of anilines is 1. The molecule has 4 heterocycles. The van der Waals surface area contributed by atoms with Crippen LogP contribution in [0.25, 0.3) is 22.3 Å². The summed E-state index contributed by atoms with van der Waals surface area (Å²) in [5.74, 6) is -2.54. The molecule has 4 atom stereocenters. The second-order valence-electron chi connectivity index (χ2n) is 16.1. The first-order chi connectivity index (χ1) is 29.9. The number of hydrogen-bond acceptors (Lipinski definition) is 11. The van der Waals surface area contributed by atoms with Crippen LogP contribution in [0.4, 0.5) is 15.3 Å². The van der Waals surface area contributed by atoms with Gasteiger partial charge in [-0.2, -0.15) is 0 Å². The van der Waals surface area contributed by atoms with E-state index in [1.807, 2.05) is 6.92 Å². The first kappa shape index (κ1) is 45.5. The van der Waals surface area contributed by atoms with Gasteiger partial charge in [-0.1, -0.05) is 39.8 Å². The summed E-state index contributed by atoms with van der Waals surface area (Å²) in [5, 5.41) is 31.3. The van der Waals surface area contributed by atoms with E-state index in [1.165, 1.54) is 4.90 Å². The van der Waals surface area contributed by atoms with Crippen molar-refractivity contribution in [3.05, 3.63) is 86.7 Å². The molecule has 19 nitrogen and oxygen atoms in total. The Morgan fingerprint density at radius 3 is 2.33 bits per heavy atom. The van der Waals surface area contributed by atoms with Crippen LogP contribution in [0.1, 0.15) is 80.9 Å². The lowest BCUT2D eigenvalue weighted by Crippen LogP contribution is -2.54. The molecule has 2 aromatic carbocycles. The quantitative estimate of drug-likeness (QED) is 0.0557. The van der Waals surface area contributed by atoms with Gasteiger partial charge in [0.2, 0.25) is 17.9 Å². The Balaban J connectivity index is 1.25. The number of likely N-dealkylation sites (N-methyl/N-ethyl adjacent to an activating group) is 1. The Morgan fingerprint density at radius 1 is 1.00 bits per heavy atom. The van der Waals surface area contributed by atoms with Gasteiger partial charge in [0.1, 0.15) is 24.4 Å². The maximum atomic E-state index is 13.8. The molecule has 63 heavy (non-hydrogen) atoms. The Morgan fingerprint density at radius 2 is 1.71 bits per heavy atom. The number of aryl methyl sites for hydroxylation is 1. The van der Waals surface area contributed by atoms with Crippen molar-refractivity contribution in [2.24, 2.45) is 11.7 Å². The highest BCUT2D eigenvalue weighted by Gasteiger charge is 2.45. The van der Waals surface area contributed by atoms with Gasteiger partial charge >= 0.3 is 18.1 Å². The maximum absolute atomic E-state index is 13.8. The minimum Gasteiger partial charge on any atom is -0.476 e. The highest BCUT2D eigenvalue weighted by atomic mass is 16.6. The summed E-state index contributed by atoms with van der Waals surface area (Å²) in [5.41, 5.74) is 7.49. The van der Waals surface area contributed by atoms with Crippen molar-refractivity contribution in [1.29, 1.82) is 0 Å². The molecule has 4 aromatic rings. The fourth-order valence-corrected chi connectivity index (χ4v) is 7.94. The zero-order chi connectivity index (χ0) is 45.9. The third-order valence-electron chi connectivity index (χ3n) is 11.4. The highest BCUT2D eigenvalue weighted by Crippen LogP contribution is 2.41. The molecule has 334 valence electrons. The third kappa shape index (κ3) is 9.28. The minimum atomic E-state index is -1.95. The monoisotopic (exact) mass is 868 g/mol. The van der Waals surface area contributed by atoms with Gasteiger partial charge in [0.15, 0.2) is 5.60 Å². The van der Waals surface area contributed by atoms with Gasteiger partial charge in [0.25, 0.3) is 11.5 Å². The van der Waals surface area contributed by atoms with Crippen molar-refractivity contribution in [2.45, 2.75) is 90.3 Å². The molecule has 19 heteroatoms. The molecule has 2 aliphatic heterocycles. The number of carbonyl (C=O) groups excluding carboxylic acids is 5. The molecule has 0 bridgehead atoms. The van der Waals surface area contributed by atoms with Gasteiger partial charge in [0, 0.05) is 48.4 Å². The van der Waals surface area contributed by atoms with Crippen LogP contribution in [0, 0.1) is 5.92 Å². The van der Waals surface area contributed by atoms with E-state index in [9.17, 15) is 43.8 Å². The second kappa shape index (κ2) is 18.5. The molecule has 0 saturated carbocycles. The summed E-state index contributed by atoms with van der Waals surface area (Å²) >= 11 is 0. The van der Waals surface area contributed by atoms with Gasteiger partial charge in [-0.25, -0.2) is 19.4 Å². The lowest BCUT2D eigenvalue weighted by molar-refractivity contribution is -0.172. The minimum absolute atomic E-state index is 0.0260. The van der Waals surface area contributed by atoms with Gasteiger partial charge in [-0.05, 0) is 73.6 Å². The largest absolute Gasteiger partial charge is 0.476 e. The van der Waals surface area contributed by atoms with Crippen molar-refractivity contribution in [2.75, 3.05) is 26.0 Å². The zero-order valence-electron chi connectivity index (χ0n) is 35.9. The van der Waals surface area contributed by atoms with E-state index < -0.39 is 59.6 Å². The molecule has 6 rings (SSSR count). The van der Waals surface area contributed by atoms with Crippen molar-refractivity contribution in [3.63, 3.8) is 0 Å². The molecule has 2 aromatic heterocycles. The fourth-order valence-electron chi connectivity index (χ4n) is 7.94. The van der Waals surface area contributed by atoms with Gasteiger partial charge < -0.3 is 56.2 Å². The van der Waals surface area contributed by atoms with E-state index >= 15 is 0 Å². The number of carboxylic acid groups (broad SMARTS) is 1. The smallest absolute Gasteiger partial charge is 0.405 e. The summed E-state index contributed by atoms with van der Waals surface area (Å²) in [6, 6.07) is 10.3. The number of esters is 1. The molecule has 2 aliphatic rings. The lowest BCUT2D eigenvalue weighted by Gasteiger charge is -2.31. The van der Waals surface area contributed by atoms with Crippen molar-refractivity contribution in [1.82, 2.24) is 30.4 Å². The van der Waals surface area contributed by atoms with Crippen LogP contribution < -0.4 is 37.3 Å². The SMILES string of the molecule is CCc1c2c(nc3ccc(OC(C(=O)N(C)C)c4ccc(NC(=O)C(CCCNC(N)=O)NC(=O)C(NC(=O)O)C(C)C)cc4)cc13)-c1cc3c(c(=O)n1C2)COC(=O)[C@]3(O)CC. The number of nitrogens with zero attached hydrogens (tertiary/aromatic N) is 3. The Kier molecular flexibility index (Phi) is 13.4. The zero-order valence-corrected chi connectivity index (χ0v) is 35.9. The van der Waals surface area contributed by atoms with Crippen molar-refractivity contribution < 1.29 is 48.5 Å².